The highest BCUT2D eigenvalue weighted by atomic mass is 32.2. The van der Waals surface area contributed by atoms with Gasteiger partial charge in [-0.15, -0.1) is 0 Å². The Bertz CT molecular complexity index is 1190. The summed E-state index contributed by atoms with van der Waals surface area (Å²) < 4.78 is 22.6. The topological polar surface area (TPSA) is 98.0 Å². The van der Waals surface area contributed by atoms with Crippen molar-refractivity contribution in [3.8, 4) is 0 Å². The molecule has 0 aliphatic carbocycles. The van der Waals surface area contributed by atoms with Crippen LogP contribution in [0.15, 0.2) is 71.8 Å². The van der Waals surface area contributed by atoms with Gasteiger partial charge in [-0.2, -0.15) is 0 Å². The van der Waals surface area contributed by atoms with Crippen molar-refractivity contribution < 1.29 is 8.42 Å². The monoisotopic (exact) mass is 350 g/mol. The Hall–Kier alpha value is -3.03. The molecule has 0 saturated carbocycles. The molecule has 4 aromatic rings. The number of aromatic nitrogens is 2. The van der Waals surface area contributed by atoms with Crippen molar-refractivity contribution in [2.24, 2.45) is 5.14 Å². The quantitative estimate of drug-likeness (QED) is 0.553. The Morgan fingerprint density at radius 1 is 0.880 bits per heavy atom. The first-order chi connectivity index (χ1) is 12.0. The lowest BCUT2D eigenvalue weighted by atomic mass is 10.1. The zero-order chi connectivity index (χ0) is 17.4. The SMILES string of the molecule is NS(=O)(=O)c1ccc(Nc2cnc3cc4ccccc4cc3n2)cc1. The molecule has 0 radical (unpaired) electrons. The van der Waals surface area contributed by atoms with Gasteiger partial charge in [0.2, 0.25) is 10.0 Å². The van der Waals surface area contributed by atoms with Gasteiger partial charge < -0.3 is 5.32 Å². The standard InChI is InChI=1S/C18H14N4O2S/c19-25(23,24)15-7-5-14(6-8-15)21-18-11-20-16-9-12-3-1-2-4-13(12)10-17(16)22-18/h1-11H,(H,21,22)(H2,19,23,24). The molecular formula is C18H14N4O2S. The summed E-state index contributed by atoms with van der Waals surface area (Å²) in [5, 5.41) is 10.4. The summed E-state index contributed by atoms with van der Waals surface area (Å²) in [6.07, 6.45) is 1.64. The number of nitrogens with zero attached hydrogens (tertiary/aromatic N) is 2. The average Bonchev–Trinajstić information content (AvgIpc) is 2.59. The Balaban J connectivity index is 1.68. The van der Waals surface area contributed by atoms with Crippen molar-refractivity contribution in [2.75, 3.05) is 5.32 Å². The van der Waals surface area contributed by atoms with E-state index in [-0.39, 0.29) is 4.90 Å². The van der Waals surface area contributed by atoms with Crippen molar-refractivity contribution in [1.82, 2.24) is 9.97 Å². The van der Waals surface area contributed by atoms with Gasteiger partial charge in [0.25, 0.3) is 0 Å². The molecule has 0 unspecified atom stereocenters. The number of hydrogen-bond donors (Lipinski definition) is 2. The normalized spacial score (nSPS) is 11.7. The summed E-state index contributed by atoms with van der Waals surface area (Å²) in [6.45, 7) is 0. The molecule has 0 spiro atoms. The van der Waals surface area contributed by atoms with Crippen LogP contribution in [0.3, 0.4) is 0 Å². The van der Waals surface area contributed by atoms with Crippen LogP contribution in [0.5, 0.6) is 0 Å². The molecule has 4 rings (SSSR count). The van der Waals surface area contributed by atoms with Crippen LogP contribution in [-0.4, -0.2) is 18.4 Å². The molecular weight excluding hydrogens is 336 g/mol. The van der Waals surface area contributed by atoms with Gasteiger partial charge in [0, 0.05) is 5.69 Å². The highest BCUT2D eigenvalue weighted by Crippen LogP contribution is 2.22. The average molecular weight is 350 g/mol. The van der Waals surface area contributed by atoms with Crippen molar-refractivity contribution in [2.45, 2.75) is 4.90 Å². The van der Waals surface area contributed by atoms with Gasteiger partial charge in [-0.1, -0.05) is 24.3 Å². The third kappa shape index (κ3) is 3.15. The lowest BCUT2D eigenvalue weighted by molar-refractivity contribution is 0.598. The van der Waals surface area contributed by atoms with Gasteiger partial charge in [0.1, 0.15) is 5.82 Å². The third-order valence-corrected chi connectivity index (χ3v) is 4.79. The van der Waals surface area contributed by atoms with E-state index in [1.165, 1.54) is 12.1 Å². The third-order valence-electron chi connectivity index (χ3n) is 3.86. The number of primary sulfonamides is 1. The molecule has 1 heterocycles. The van der Waals surface area contributed by atoms with Crippen molar-refractivity contribution in [3.63, 3.8) is 0 Å². The van der Waals surface area contributed by atoms with E-state index in [2.05, 4.69) is 15.3 Å². The lowest BCUT2D eigenvalue weighted by Gasteiger charge is -2.08. The van der Waals surface area contributed by atoms with Crippen LogP contribution < -0.4 is 10.5 Å². The highest BCUT2D eigenvalue weighted by molar-refractivity contribution is 7.89. The number of benzene rings is 3. The number of nitrogens with two attached hydrogens (primary N) is 1. The summed E-state index contributed by atoms with van der Waals surface area (Å²) in [6, 6.07) is 18.2. The van der Waals surface area contributed by atoms with E-state index in [0.717, 1.165) is 21.8 Å². The second-order valence-electron chi connectivity index (χ2n) is 5.64. The van der Waals surface area contributed by atoms with Crippen LogP contribution in [0, 0.1) is 0 Å². The number of nitrogens with one attached hydrogen (secondary N) is 1. The van der Waals surface area contributed by atoms with E-state index in [1.54, 1.807) is 18.3 Å². The predicted molar refractivity (Wildman–Crippen MR) is 98.1 cm³/mol. The molecule has 7 heteroatoms. The van der Waals surface area contributed by atoms with Gasteiger partial charge in [-0.25, -0.2) is 18.5 Å². The minimum atomic E-state index is -3.70. The molecule has 0 atom stereocenters. The molecule has 0 bridgehead atoms. The van der Waals surface area contributed by atoms with Crippen LogP contribution in [0.2, 0.25) is 0 Å². The van der Waals surface area contributed by atoms with Gasteiger partial charge in [0.05, 0.1) is 22.1 Å². The predicted octanol–water partition coefficient (Wildman–Crippen LogP) is 3.17. The zero-order valence-corrected chi connectivity index (χ0v) is 13.9. The molecule has 0 amide bonds. The first-order valence-electron chi connectivity index (χ1n) is 7.54. The molecule has 25 heavy (non-hydrogen) atoms. The van der Waals surface area contributed by atoms with E-state index in [4.69, 9.17) is 5.14 Å². The number of fused-ring (bicyclic) bond motifs is 2. The first-order valence-corrected chi connectivity index (χ1v) is 9.09. The van der Waals surface area contributed by atoms with E-state index in [1.807, 2.05) is 36.4 Å². The maximum atomic E-state index is 11.3. The van der Waals surface area contributed by atoms with E-state index in [9.17, 15) is 8.42 Å². The van der Waals surface area contributed by atoms with Crippen LogP contribution in [0.4, 0.5) is 11.5 Å². The molecule has 0 aliphatic heterocycles. The fourth-order valence-corrected chi connectivity index (χ4v) is 3.15. The Morgan fingerprint density at radius 2 is 1.52 bits per heavy atom. The van der Waals surface area contributed by atoms with E-state index >= 15 is 0 Å². The highest BCUT2D eigenvalue weighted by Gasteiger charge is 2.07. The zero-order valence-electron chi connectivity index (χ0n) is 13.0. The number of anilines is 2. The van der Waals surface area contributed by atoms with Gasteiger partial charge in [-0.3, -0.25) is 4.98 Å². The first kappa shape index (κ1) is 15.5. The molecule has 0 aliphatic rings. The van der Waals surface area contributed by atoms with Crippen molar-refractivity contribution >= 4 is 43.3 Å². The van der Waals surface area contributed by atoms with Crippen LogP contribution >= 0.6 is 0 Å². The summed E-state index contributed by atoms with van der Waals surface area (Å²) in [5.41, 5.74) is 2.29. The van der Waals surface area contributed by atoms with E-state index in [0.29, 0.717) is 11.5 Å². The van der Waals surface area contributed by atoms with Crippen molar-refractivity contribution in [1.29, 1.82) is 0 Å². The summed E-state index contributed by atoms with van der Waals surface area (Å²) in [5.74, 6) is 0.575. The minimum absolute atomic E-state index is 0.0640. The fourth-order valence-electron chi connectivity index (χ4n) is 2.63. The summed E-state index contributed by atoms with van der Waals surface area (Å²) in [4.78, 5) is 9.08. The number of hydrogen-bond acceptors (Lipinski definition) is 5. The number of rotatable bonds is 3. The van der Waals surface area contributed by atoms with E-state index < -0.39 is 10.0 Å². The smallest absolute Gasteiger partial charge is 0.238 e. The second-order valence-corrected chi connectivity index (χ2v) is 7.20. The van der Waals surface area contributed by atoms with Crippen LogP contribution in [-0.2, 0) is 10.0 Å². The molecule has 3 aromatic carbocycles. The van der Waals surface area contributed by atoms with Crippen LogP contribution in [0.25, 0.3) is 21.8 Å². The summed E-state index contributed by atoms with van der Waals surface area (Å²) in [7, 11) is -3.70. The van der Waals surface area contributed by atoms with Crippen molar-refractivity contribution in [3.05, 3.63) is 66.9 Å². The Kier molecular flexibility index (Phi) is 3.60. The van der Waals surface area contributed by atoms with Gasteiger partial charge in [-0.05, 0) is 47.2 Å². The Morgan fingerprint density at radius 3 is 2.16 bits per heavy atom. The maximum Gasteiger partial charge on any atom is 0.238 e. The fraction of sp³-hybridized carbons (Fsp3) is 0. The molecule has 6 nitrogen and oxygen atoms in total. The second kappa shape index (κ2) is 5.80. The molecule has 124 valence electrons. The molecule has 3 N–H and O–H groups in total. The molecule has 0 saturated heterocycles. The largest absolute Gasteiger partial charge is 0.339 e. The van der Waals surface area contributed by atoms with Crippen LogP contribution in [0.1, 0.15) is 0 Å². The number of sulfonamides is 1. The van der Waals surface area contributed by atoms with Gasteiger partial charge >= 0.3 is 0 Å². The lowest BCUT2D eigenvalue weighted by Crippen LogP contribution is -2.11. The van der Waals surface area contributed by atoms with Gasteiger partial charge in [0.15, 0.2) is 0 Å². The minimum Gasteiger partial charge on any atom is -0.339 e. The molecule has 1 aromatic heterocycles. The summed E-state index contributed by atoms with van der Waals surface area (Å²) >= 11 is 0. The Labute approximate surface area is 144 Å². The maximum absolute atomic E-state index is 11.3. The molecule has 0 fully saturated rings.